The van der Waals surface area contributed by atoms with E-state index in [-0.39, 0.29) is 5.69 Å². The molecule has 134 valence electrons. The summed E-state index contributed by atoms with van der Waals surface area (Å²) in [5, 5.41) is 0. The highest BCUT2D eigenvalue weighted by molar-refractivity contribution is 5.89. The molecule has 0 atom stereocenters. The first-order valence-electron chi connectivity index (χ1n) is 6.77. The summed E-state index contributed by atoms with van der Waals surface area (Å²) < 4.78 is 85.1. The summed E-state index contributed by atoms with van der Waals surface area (Å²) >= 11 is 0. The first-order chi connectivity index (χ1) is 11.5. The number of nitrogens with two attached hydrogens (primary N) is 1. The second kappa shape index (κ2) is 6.30. The molecule has 2 rings (SSSR count). The lowest BCUT2D eigenvalue weighted by Crippen LogP contribution is -2.56. The van der Waals surface area contributed by atoms with Gasteiger partial charge < -0.3 is 10.5 Å². The van der Waals surface area contributed by atoms with E-state index in [2.05, 4.69) is 4.74 Å². The number of nitrogen functional groups attached to an aromatic ring is 1. The number of esters is 1. The van der Waals surface area contributed by atoms with Gasteiger partial charge in [0.15, 0.2) is 0 Å². The van der Waals surface area contributed by atoms with E-state index in [1.54, 1.807) is 0 Å². The van der Waals surface area contributed by atoms with Crippen LogP contribution in [0, 0.1) is 0 Å². The zero-order valence-electron chi connectivity index (χ0n) is 12.4. The lowest BCUT2D eigenvalue weighted by Gasteiger charge is -2.36. The van der Waals surface area contributed by atoms with Crippen molar-refractivity contribution in [3.05, 3.63) is 65.7 Å². The summed E-state index contributed by atoms with van der Waals surface area (Å²) in [5.74, 6) is -1.76. The molecular formula is C16H11F6NO2. The molecule has 0 saturated heterocycles. The molecule has 0 saturated carbocycles. The van der Waals surface area contributed by atoms with Crippen LogP contribution in [0.3, 0.4) is 0 Å². The van der Waals surface area contributed by atoms with Crippen LogP contribution in [0.15, 0.2) is 54.6 Å². The molecule has 3 nitrogen and oxygen atoms in total. The molecule has 9 heteroatoms. The molecule has 2 aromatic carbocycles. The second-order valence-electron chi connectivity index (χ2n) is 5.05. The van der Waals surface area contributed by atoms with Crippen molar-refractivity contribution in [1.29, 1.82) is 0 Å². The largest absolute Gasteiger partial charge is 0.442 e. The third kappa shape index (κ3) is 3.40. The summed E-state index contributed by atoms with van der Waals surface area (Å²) in [6.45, 7) is 0. The molecule has 2 aromatic rings. The molecule has 0 fully saturated rings. The molecular weight excluding hydrogens is 352 g/mol. The maximum Gasteiger partial charge on any atom is 0.442 e. The minimum atomic E-state index is -5.95. The number of hydrogen-bond donors (Lipinski definition) is 1. The Balaban J connectivity index is 2.63. The van der Waals surface area contributed by atoms with E-state index in [0.717, 1.165) is 24.3 Å². The van der Waals surface area contributed by atoms with Gasteiger partial charge >= 0.3 is 23.9 Å². The van der Waals surface area contributed by atoms with Crippen LogP contribution < -0.4 is 5.73 Å². The number of ether oxygens (including phenoxy) is 1. The van der Waals surface area contributed by atoms with E-state index in [9.17, 15) is 31.1 Å². The quantitative estimate of drug-likeness (QED) is 0.498. The van der Waals surface area contributed by atoms with Crippen LogP contribution in [-0.4, -0.2) is 18.3 Å². The van der Waals surface area contributed by atoms with Crippen LogP contribution in [0.4, 0.5) is 32.0 Å². The number of halogens is 6. The number of carbonyl (C=O) groups excluding carboxylic acids is 1. The summed E-state index contributed by atoms with van der Waals surface area (Å²) in [4.78, 5) is 11.9. The number of benzene rings is 2. The average molecular weight is 363 g/mol. The maximum absolute atomic E-state index is 13.5. The highest BCUT2D eigenvalue weighted by Crippen LogP contribution is 2.53. The van der Waals surface area contributed by atoms with Crippen molar-refractivity contribution in [2.75, 3.05) is 5.73 Å². The van der Waals surface area contributed by atoms with E-state index in [4.69, 9.17) is 5.73 Å². The van der Waals surface area contributed by atoms with Crippen molar-refractivity contribution in [2.24, 2.45) is 0 Å². The van der Waals surface area contributed by atoms with Crippen molar-refractivity contribution >= 4 is 11.7 Å². The van der Waals surface area contributed by atoms with Crippen molar-refractivity contribution in [2.45, 2.75) is 18.0 Å². The Kier molecular flexibility index (Phi) is 4.70. The van der Waals surface area contributed by atoms with Gasteiger partial charge in [0.25, 0.3) is 0 Å². The van der Waals surface area contributed by atoms with Crippen LogP contribution >= 0.6 is 0 Å². The molecule has 0 aliphatic heterocycles. The van der Waals surface area contributed by atoms with Crippen molar-refractivity contribution in [3.63, 3.8) is 0 Å². The van der Waals surface area contributed by atoms with Gasteiger partial charge in [0.1, 0.15) is 0 Å². The predicted molar refractivity (Wildman–Crippen MR) is 76.5 cm³/mol. The zero-order chi connectivity index (χ0) is 18.9. The van der Waals surface area contributed by atoms with Gasteiger partial charge in [-0.1, -0.05) is 30.3 Å². The topological polar surface area (TPSA) is 52.3 Å². The van der Waals surface area contributed by atoms with E-state index < -0.39 is 35.0 Å². The molecule has 0 aliphatic rings. The number of hydrogen-bond acceptors (Lipinski definition) is 3. The number of carbonyl (C=O) groups is 1. The van der Waals surface area contributed by atoms with Gasteiger partial charge in [0.2, 0.25) is 0 Å². The summed E-state index contributed by atoms with van der Waals surface area (Å²) in [6, 6.07) is 8.85. The fourth-order valence-electron chi connectivity index (χ4n) is 2.15. The van der Waals surface area contributed by atoms with Gasteiger partial charge in [-0.2, -0.15) is 26.3 Å². The van der Waals surface area contributed by atoms with Crippen molar-refractivity contribution < 1.29 is 35.9 Å². The first kappa shape index (κ1) is 18.6. The lowest BCUT2D eigenvalue weighted by atomic mass is 9.91. The van der Waals surface area contributed by atoms with Crippen LogP contribution in [-0.2, 0) is 10.3 Å². The van der Waals surface area contributed by atoms with Crippen LogP contribution in [0.5, 0.6) is 0 Å². The van der Waals surface area contributed by atoms with Gasteiger partial charge in [-0.25, -0.2) is 4.79 Å². The average Bonchev–Trinajstić information content (AvgIpc) is 2.52. The van der Waals surface area contributed by atoms with E-state index in [0.29, 0.717) is 12.1 Å². The Bertz CT molecular complexity index is 724. The molecule has 0 aromatic heterocycles. The summed E-state index contributed by atoms with van der Waals surface area (Å²) in [6.07, 6.45) is -11.9. The fourth-order valence-corrected chi connectivity index (χ4v) is 2.15. The minimum absolute atomic E-state index is 0.0450. The summed E-state index contributed by atoms with van der Waals surface area (Å²) in [7, 11) is 0. The Morgan fingerprint density at radius 2 is 1.28 bits per heavy atom. The third-order valence-electron chi connectivity index (χ3n) is 3.37. The van der Waals surface area contributed by atoms with Crippen LogP contribution in [0.1, 0.15) is 15.9 Å². The Morgan fingerprint density at radius 3 is 1.72 bits per heavy atom. The fraction of sp³-hybridized carbons (Fsp3) is 0.188. The van der Waals surface area contributed by atoms with Crippen LogP contribution in [0.25, 0.3) is 0 Å². The smallest absolute Gasteiger partial charge is 0.431 e. The number of alkyl halides is 6. The molecule has 0 amide bonds. The Labute approximate surface area is 138 Å². The van der Waals surface area contributed by atoms with E-state index in [1.807, 2.05) is 0 Å². The molecule has 0 radical (unpaired) electrons. The van der Waals surface area contributed by atoms with Gasteiger partial charge in [-0.05, 0) is 24.3 Å². The number of anilines is 1. The first-order valence-corrected chi connectivity index (χ1v) is 6.77. The van der Waals surface area contributed by atoms with Crippen LogP contribution in [0.2, 0.25) is 0 Å². The van der Waals surface area contributed by atoms with Gasteiger partial charge in [-0.3, -0.25) is 0 Å². The van der Waals surface area contributed by atoms with Crippen molar-refractivity contribution in [1.82, 2.24) is 0 Å². The van der Waals surface area contributed by atoms with Gasteiger partial charge in [-0.15, -0.1) is 0 Å². The Hall–Kier alpha value is -2.71. The second-order valence-corrected chi connectivity index (χ2v) is 5.05. The normalized spacial score (nSPS) is 12.7. The van der Waals surface area contributed by atoms with Crippen molar-refractivity contribution in [3.8, 4) is 0 Å². The van der Waals surface area contributed by atoms with E-state index >= 15 is 0 Å². The monoisotopic (exact) mass is 363 g/mol. The SMILES string of the molecule is Nc1ccc(C(OC(=O)c2ccccc2)(C(F)(F)F)C(F)(F)F)cc1. The van der Waals surface area contributed by atoms with Gasteiger partial charge in [0, 0.05) is 11.3 Å². The lowest BCUT2D eigenvalue weighted by molar-refractivity contribution is -0.373. The Morgan fingerprint density at radius 1 is 0.800 bits per heavy atom. The zero-order valence-corrected chi connectivity index (χ0v) is 12.4. The summed E-state index contributed by atoms with van der Waals surface area (Å²) in [5.41, 5.74) is -1.30. The maximum atomic E-state index is 13.5. The number of rotatable bonds is 3. The molecule has 25 heavy (non-hydrogen) atoms. The van der Waals surface area contributed by atoms with E-state index in [1.165, 1.54) is 18.2 Å². The molecule has 0 heterocycles. The molecule has 0 bridgehead atoms. The molecule has 0 spiro atoms. The standard InChI is InChI=1S/C16H11F6NO2/c17-15(18,19)14(16(20,21)22,11-6-8-12(23)9-7-11)25-13(24)10-4-2-1-3-5-10/h1-9H,23H2. The molecule has 0 unspecified atom stereocenters. The van der Waals surface area contributed by atoms with Gasteiger partial charge in [0.05, 0.1) is 5.56 Å². The predicted octanol–water partition coefficient (Wildman–Crippen LogP) is 4.45. The molecule has 0 aliphatic carbocycles. The third-order valence-corrected chi connectivity index (χ3v) is 3.37. The minimum Gasteiger partial charge on any atom is -0.431 e. The molecule has 2 N–H and O–H groups in total. The highest BCUT2D eigenvalue weighted by atomic mass is 19.4. The highest BCUT2D eigenvalue weighted by Gasteiger charge is 2.75.